The first kappa shape index (κ1) is 19.8. The van der Waals surface area contributed by atoms with Gasteiger partial charge in [-0.25, -0.2) is 4.39 Å². The van der Waals surface area contributed by atoms with Crippen molar-refractivity contribution in [2.24, 2.45) is 0 Å². The molecule has 0 aliphatic heterocycles. The van der Waals surface area contributed by atoms with E-state index in [1.807, 2.05) is 24.3 Å². The summed E-state index contributed by atoms with van der Waals surface area (Å²) < 4.78 is 13.2. The number of rotatable bonds is 8. The van der Waals surface area contributed by atoms with Crippen molar-refractivity contribution in [1.29, 1.82) is 0 Å². The number of benzene rings is 2. The summed E-state index contributed by atoms with van der Waals surface area (Å²) in [7, 11) is 0. The van der Waals surface area contributed by atoms with Crippen molar-refractivity contribution >= 4 is 16.8 Å². The molecule has 28 heavy (non-hydrogen) atoms. The molecule has 0 atom stereocenters. The van der Waals surface area contributed by atoms with Crippen LogP contribution in [0.5, 0.6) is 0 Å². The number of aromatic nitrogens is 1. The van der Waals surface area contributed by atoms with Crippen LogP contribution < -0.4 is 5.56 Å². The van der Waals surface area contributed by atoms with E-state index in [9.17, 15) is 14.0 Å². The van der Waals surface area contributed by atoms with Crippen LogP contribution in [0.15, 0.2) is 59.4 Å². The summed E-state index contributed by atoms with van der Waals surface area (Å²) in [5, 5.41) is 0.904. The third kappa shape index (κ3) is 5.06. The van der Waals surface area contributed by atoms with Crippen molar-refractivity contribution < 1.29 is 9.18 Å². The molecule has 4 nitrogen and oxygen atoms in total. The molecule has 1 heterocycles. The molecule has 0 fully saturated rings. The molecule has 0 aliphatic rings. The molecule has 1 aromatic heterocycles. The van der Waals surface area contributed by atoms with Gasteiger partial charge in [0.15, 0.2) is 0 Å². The Morgan fingerprint density at radius 2 is 1.82 bits per heavy atom. The molecular weight excluding hydrogens is 355 g/mol. The van der Waals surface area contributed by atoms with Crippen LogP contribution in [-0.4, -0.2) is 22.3 Å². The van der Waals surface area contributed by atoms with Gasteiger partial charge in [-0.2, -0.15) is 0 Å². The van der Waals surface area contributed by atoms with Crippen LogP contribution in [0.4, 0.5) is 4.39 Å². The summed E-state index contributed by atoms with van der Waals surface area (Å²) in [6.07, 6.45) is 3.04. The van der Waals surface area contributed by atoms with Crippen LogP contribution >= 0.6 is 0 Å². The van der Waals surface area contributed by atoms with Gasteiger partial charge in [-0.05, 0) is 41.6 Å². The summed E-state index contributed by atoms with van der Waals surface area (Å²) in [4.78, 5) is 29.9. The van der Waals surface area contributed by atoms with Crippen LogP contribution in [0, 0.1) is 5.82 Å². The maximum atomic E-state index is 13.2. The van der Waals surface area contributed by atoms with E-state index in [4.69, 9.17) is 0 Å². The second kappa shape index (κ2) is 9.31. The van der Waals surface area contributed by atoms with Gasteiger partial charge < -0.3 is 9.88 Å². The highest BCUT2D eigenvalue weighted by molar-refractivity contribution is 5.82. The second-order valence-electron chi connectivity index (χ2n) is 7.04. The first-order valence-electron chi connectivity index (χ1n) is 9.70. The molecule has 2 aromatic carbocycles. The normalized spacial score (nSPS) is 10.9. The van der Waals surface area contributed by atoms with Crippen LogP contribution in [-0.2, 0) is 17.8 Å². The van der Waals surface area contributed by atoms with Gasteiger partial charge in [-0.3, -0.25) is 9.59 Å². The molecular formula is C23H25FN2O2. The average molecular weight is 380 g/mol. The molecule has 5 heteroatoms. The Hall–Kier alpha value is -2.95. The zero-order valence-corrected chi connectivity index (χ0v) is 16.1. The van der Waals surface area contributed by atoms with Gasteiger partial charge >= 0.3 is 0 Å². The van der Waals surface area contributed by atoms with Gasteiger partial charge in [0, 0.05) is 24.2 Å². The molecule has 3 aromatic rings. The maximum absolute atomic E-state index is 13.2. The number of unbranched alkanes of at least 4 members (excludes halogenated alkanes) is 2. The Bertz CT molecular complexity index is 995. The standard InChI is InChI=1S/C23H25FN2O2/c1-2-3-6-13-26(16-17-9-11-20(24)12-10-17)22(27)15-19-14-18-7-4-5-8-21(18)25-23(19)28/h4-5,7-12,14H,2-3,6,13,15-16H2,1H3,(H,25,28). The lowest BCUT2D eigenvalue weighted by atomic mass is 10.1. The molecule has 0 aliphatic carbocycles. The van der Waals surface area contributed by atoms with Gasteiger partial charge in [0.25, 0.3) is 5.56 Å². The molecule has 0 spiro atoms. The zero-order valence-electron chi connectivity index (χ0n) is 16.1. The maximum Gasteiger partial charge on any atom is 0.252 e. The van der Waals surface area contributed by atoms with E-state index >= 15 is 0 Å². The quantitative estimate of drug-likeness (QED) is 0.588. The van der Waals surface area contributed by atoms with Crippen molar-refractivity contribution in [3.8, 4) is 0 Å². The van der Waals surface area contributed by atoms with E-state index in [1.165, 1.54) is 12.1 Å². The third-order valence-electron chi connectivity index (χ3n) is 4.84. The SMILES string of the molecule is CCCCCN(Cc1ccc(F)cc1)C(=O)Cc1cc2ccccc2[nH]c1=O. The lowest BCUT2D eigenvalue weighted by Gasteiger charge is -2.23. The Kier molecular flexibility index (Phi) is 6.58. The Morgan fingerprint density at radius 1 is 1.07 bits per heavy atom. The molecule has 0 bridgehead atoms. The number of fused-ring (bicyclic) bond motifs is 1. The minimum atomic E-state index is -0.296. The second-order valence-corrected chi connectivity index (χ2v) is 7.04. The highest BCUT2D eigenvalue weighted by atomic mass is 19.1. The number of para-hydroxylation sites is 1. The number of hydrogen-bond acceptors (Lipinski definition) is 2. The van der Waals surface area contributed by atoms with Crippen molar-refractivity contribution in [1.82, 2.24) is 9.88 Å². The largest absolute Gasteiger partial charge is 0.338 e. The molecule has 0 radical (unpaired) electrons. The Balaban J connectivity index is 1.79. The fourth-order valence-electron chi connectivity index (χ4n) is 3.25. The van der Waals surface area contributed by atoms with Gasteiger partial charge in [-0.15, -0.1) is 0 Å². The van der Waals surface area contributed by atoms with E-state index in [0.717, 1.165) is 35.7 Å². The summed E-state index contributed by atoms with van der Waals surface area (Å²) in [5.41, 5.74) is 1.86. The molecule has 1 N–H and O–H groups in total. The minimum Gasteiger partial charge on any atom is -0.338 e. The highest BCUT2D eigenvalue weighted by Gasteiger charge is 2.16. The minimum absolute atomic E-state index is 0.0491. The number of carbonyl (C=O) groups is 1. The topological polar surface area (TPSA) is 53.2 Å². The van der Waals surface area contributed by atoms with Gasteiger partial charge in [-0.1, -0.05) is 50.1 Å². The fourth-order valence-corrected chi connectivity index (χ4v) is 3.25. The zero-order chi connectivity index (χ0) is 19.9. The van der Waals surface area contributed by atoms with E-state index in [-0.39, 0.29) is 23.7 Å². The lowest BCUT2D eigenvalue weighted by Crippen LogP contribution is -2.34. The summed E-state index contributed by atoms with van der Waals surface area (Å²) in [5.74, 6) is -0.392. The molecule has 0 unspecified atom stereocenters. The molecule has 1 amide bonds. The van der Waals surface area contributed by atoms with Crippen molar-refractivity contribution in [2.45, 2.75) is 39.2 Å². The molecule has 3 rings (SSSR count). The third-order valence-corrected chi connectivity index (χ3v) is 4.84. The fraction of sp³-hybridized carbons (Fsp3) is 0.304. The monoisotopic (exact) mass is 380 g/mol. The molecule has 0 saturated heterocycles. The predicted octanol–water partition coefficient (Wildman–Crippen LogP) is 4.43. The predicted molar refractivity (Wildman–Crippen MR) is 110 cm³/mol. The number of carbonyl (C=O) groups excluding carboxylic acids is 1. The van der Waals surface area contributed by atoms with Gasteiger partial charge in [0.2, 0.25) is 5.91 Å². The van der Waals surface area contributed by atoms with Crippen LogP contribution in [0.1, 0.15) is 37.3 Å². The van der Waals surface area contributed by atoms with Crippen LogP contribution in [0.25, 0.3) is 10.9 Å². The number of hydrogen-bond donors (Lipinski definition) is 1. The number of halogens is 1. The highest BCUT2D eigenvalue weighted by Crippen LogP contribution is 2.13. The van der Waals surface area contributed by atoms with Crippen LogP contribution in [0.3, 0.4) is 0 Å². The van der Waals surface area contributed by atoms with E-state index in [2.05, 4.69) is 11.9 Å². The van der Waals surface area contributed by atoms with E-state index < -0.39 is 0 Å². The summed E-state index contributed by atoms with van der Waals surface area (Å²) >= 11 is 0. The number of H-pyrrole nitrogens is 1. The first-order valence-corrected chi connectivity index (χ1v) is 9.70. The van der Waals surface area contributed by atoms with Crippen LogP contribution in [0.2, 0.25) is 0 Å². The van der Waals surface area contributed by atoms with Gasteiger partial charge in [0.1, 0.15) is 5.82 Å². The van der Waals surface area contributed by atoms with E-state index in [1.54, 1.807) is 23.1 Å². The first-order chi connectivity index (χ1) is 13.6. The number of pyridine rings is 1. The lowest BCUT2D eigenvalue weighted by molar-refractivity contribution is -0.131. The Morgan fingerprint density at radius 3 is 2.57 bits per heavy atom. The van der Waals surface area contributed by atoms with Crippen molar-refractivity contribution in [2.75, 3.05) is 6.54 Å². The number of nitrogens with one attached hydrogen (secondary N) is 1. The number of aromatic amines is 1. The molecule has 146 valence electrons. The summed E-state index contributed by atoms with van der Waals surface area (Å²) in [6, 6.07) is 15.5. The summed E-state index contributed by atoms with van der Waals surface area (Å²) in [6.45, 7) is 3.14. The Labute approximate surface area is 164 Å². The van der Waals surface area contributed by atoms with E-state index in [0.29, 0.717) is 18.7 Å². The van der Waals surface area contributed by atoms with Gasteiger partial charge in [0.05, 0.1) is 6.42 Å². The van der Waals surface area contributed by atoms with Crippen molar-refractivity contribution in [3.05, 3.63) is 81.9 Å². The molecule has 0 saturated carbocycles. The average Bonchev–Trinajstić information content (AvgIpc) is 2.69. The van der Waals surface area contributed by atoms with Crippen molar-refractivity contribution in [3.63, 3.8) is 0 Å². The number of nitrogens with zero attached hydrogens (tertiary/aromatic N) is 1. The number of amides is 1. The smallest absolute Gasteiger partial charge is 0.252 e.